The fraction of sp³-hybridized carbons (Fsp3) is 0.421. The van der Waals surface area contributed by atoms with Crippen LogP contribution in [0.25, 0.3) is 0 Å². The lowest BCUT2D eigenvalue weighted by Crippen LogP contribution is -2.57. The molecule has 134 valence electrons. The predicted octanol–water partition coefficient (Wildman–Crippen LogP) is 3.39. The maximum Gasteiger partial charge on any atom is 0.245 e. The molecule has 0 spiro atoms. The molecule has 0 aliphatic carbocycles. The second-order valence-corrected chi connectivity index (χ2v) is 7.96. The summed E-state index contributed by atoms with van der Waals surface area (Å²) in [7, 11) is 1.65. The monoisotopic (exact) mass is 361 g/mol. The van der Waals surface area contributed by atoms with E-state index in [0.717, 1.165) is 19.6 Å². The number of likely N-dealkylation sites (tertiary alicyclic amines) is 1. The summed E-state index contributed by atoms with van der Waals surface area (Å²) in [4.78, 5) is 17.6. The highest BCUT2D eigenvalue weighted by molar-refractivity contribution is 7.11. The van der Waals surface area contributed by atoms with E-state index in [1.54, 1.807) is 19.2 Å². The molecule has 2 heterocycles. The van der Waals surface area contributed by atoms with E-state index in [4.69, 9.17) is 0 Å². The molecule has 1 saturated heterocycles. The Bertz CT molecular complexity index is 738. The number of carbonyl (C=O) groups excluding carboxylic acids is 1. The Morgan fingerprint density at radius 3 is 2.64 bits per heavy atom. The quantitative estimate of drug-likeness (QED) is 0.858. The second-order valence-electron chi connectivity index (χ2n) is 6.59. The molecule has 1 aliphatic rings. The average Bonchev–Trinajstić information content (AvgIpc) is 3.01. The molecule has 6 heteroatoms. The van der Waals surface area contributed by atoms with E-state index in [-0.39, 0.29) is 11.7 Å². The van der Waals surface area contributed by atoms with E-state index in [2.05, 4.69) is 34.6 Å². The van der Waals surface area contributed by atoms with Gasteiger partial charge in [-0.15, -0.1) is 11.3 Å². The highest BCUT2D eigenvalue weighted by Gasteiger charge is 2.40. The van der Waals surface area contributed by atoms with Crippen LogP contribution in [0.1, 0.15) is 22.6 Å². The van der Waals surface area contributed by atoms with Crippen molar-refractivity contribution >= 4 is 22.9 Å². The standard InChI is InChI=1S/C19H24FN3OS/c1-14-6-7-17(25-14)13-23-10-8-19(9-11-23,18(24)21-2)22-16-5-3-4-15(20)12-16/h3-7,12,22H,8-11,13H2,1-2H3,(H,21,24). The first-order valence-corrected chi connectivity index (χ1v) is 9.36. The van der Waals surface area contributed by atoms with Crippen LogP contribution in [-0.4, -0.2) is 36.5 Å². The minimum Gasteiger partial charge on any atom is -0.371 e. The van der Waals surface area contributed by atoms with Crippen molar-refractivity contribution in [3.05, 3.63) is 52.0 Å². The summed E-state index contributed by atoms with van der Waals surface area (Å²) in [6.07, 6.45) is 1.38. The van der Waals surface area contributed by atoms with Gasteiger partial charge in [-0.05, 0) is 50.1 Å². The number of piperidine rings is 1. The van der Waals surface area contributed by atoms with Crippen molar-refractivity contribution in [2.24, 2.45) is 0 Å². The van der Waals surface area contributed by atoms with E-state index in [0.29, 0.717) is 18.5 Å². The molecule has 1 aromatic heterocycles. The van der Waals surface area contributed by atoms with Crippen LogP contribution in [0.2, 0.25) is 0 Å². The van der Waals surface area contributed by atoms with Crippen LogP contribution < -0.4 is 10.6 Å². The van der Waals surface area contributed by atoms with E-state index in [1.165, 1.54) is 21.9 Å². The smallest absolute Gasteiger partial charge is 0.245 e. The van der Waals surface area contributed by atoms with Crippen LogP contribution >= 0.6 is 11.3 Å². The van der Waals surface area contributed by atoms with Gasteiger partial charge >= 0.3 is 0 Å². The van der Waals surface area contributed by atoms with Crippen molar-refractivity contribution < 1.29 is 9.18 Å². The number of hydrogen-bond acceptors (Lipinski definition) is 4. The van der Waals surface area contributed by atoms with E-state index in [1.807, 2.05) is 11.3 Å². The van der Waals surface area contributed by atoms with Gasteiger partial charge in [0.15, 0.2) is 0 Å². The SMILES string of the molecule is CNC(=O)C1(Nc2cccc(F)c2)CCN(Cc2ccc(C)s2)CC1. The second kappa shape index (κ2) is 7.54. The van der Waals surface area contributed by atoms with Gasteiger partial charge in [-0.1, -0.05) is 6.07 Å². The maximum atomic E-state index is 13.5. The largest absolute Gasteiger partial charge is 0.371 e. The van der Waals surface area contributed by atoms with Crippen molar-refractivity contribution in [1.29, 1.82) is 0 Å². The normalized spacial score (nSPS) is 17.2. The number of anilines is 1. The molecule has 2 N–H and O–H groups in total. The van der Waals surface area contributed by atoms with Crippen molar-refractivity contribution in [2.75, 3.05) is 25.5 Å². The predicted molar refractivity (Wildman–Crippen MR) is 100 cm³/mol. The first-order chi connectivity index (χ1) is 12.0. The van der Waals surface area contributed by atoms with Gasteiger partial charge in [0.2, 0.25) is 5.91 Å². The maximum absolute atomic E-state index is 13.5. The zero-order chi connectivity index (χ0) is 17.9. The highest BCUT2D eigenvalue weighted by atomic mass is 32.1. The van der Waals surface area contributed by atoms with Gasteiger partial charge in [-0.3, -0.25) is 9.69 Å². The molecule has 0 atom stereocenters. The number of nitrogens with one attached hydrogen (secondary N) is 2. The fourth-order valence-electron chi connectivity index (χ4n) is 3.37. The van der Waals surface area contributed by atoms with Crippen LogP contribution in [-0.2, 0) is 11.3 Å². The van der Waals surface area contributed by atoms with Gasteiger partial charge in [0.1, 0.15) is 11.4 Å². The number of likely N-dealkylation sites (N-methyl/N-ethyl adjacent to an activating group) is 1. The summed E-state index contributed by atoms with van der Waals surface area (Å²) in [6, 6.07) is 10.6. The molecule has 2 aromatic rings. The summed E-state index contributed by atoms with van der Waals surface area (Å²) >= 11 is 1.82. The summed E-state index contributed by atoms with van der Waals surface area (Å²) in [6.45, 7) is 4.69. The van der Waals surface area contributed by atoms with E-state index in [9.17, 15) is 9.18 Å². The number of benzene rings is 1. The molecule has 3 rings (SSSR count). The van der Waals surface area contributed by atoms with Crippen LogP contribution in [0.4, 0.5) is 10.1 Å². The van der Waals surface area contributed by atoms with Gasteiger partial charge in [-0.2, -0.15) is 0 Å². The molecule has 0 saturated carbocycles. The summed E-state index contributed by atoms with van der Waals surface area (Å²) in [5, 5.41) is 6.06. The Morgan fingerprint density at radius 1 is 1.28 bits per heavy atom. The molecule has 25 heavy (non-hydrogen) atoms. The number of aryl methyl sites for hydroxylation is 1. The fourth-order valence-corrected chi connectivity index (χ4v) is 4.31. The third kappa shape index (κ3) is 4.19. The van der Waals surface area contributed by atoms with E-state index < -0.39 is 5.54 Å². The summed E-state index contributed by atoms with van der Waals surface area (Å²) < 4.78 is 13.5. The third-order valence-corrected chi connectivity index (χ3v) is 5.74. The number of thiophene rings is 1. The Hall–Kier alpha value is -1.92. The molecule has 1 fully saturated rings. The molecule has 0 unspecified atom stereocenters. The minimum atomic E-state index is -0.690. The first-order valence-electron chi connectivity index (χ1n) is 8.54. The minimum absolute atomic E-state index is 0.0385. The lowest BCUT2D eigenvalue weighted by Gasteiger charge is -2.41. The number of carbonyl (C=O) groups is 1. The Kier molecular flexibility index (Phi) is 5.39. The zero-order valence-corrected chi connectivity index (χ0v) is 15.5. The van der Waals surface area contributed by atoms with Crippen LogP contribution in [0.3, 0.4) is 0 Å². The molecule has 1 amide bonds. The van der Waals surface area contributed by atoms with Gasteiger partial charge in [0.05, 0.1) is 0 Å². The van der Waals surface area contributed by atoms with Crippen LogP contribution in [0.5, 0.6) is 0 Å². The lowest BCUT2D eigenvalue weighted by molar-refractivity contribution is -0.126. The number of rotatable bonds is 5. The molecule has 4 nitrogen and oxygen atoms in total. The zero-order valence-electron chi connectivity index (χ0n) is 14.6. The van der Waals surface area contributed by atoms with Crippen molar-refractivity contribution in [3.63, 3.8) is 0 Å². The average molecular weight is 361 g/mol. The van der Waals surface area contributed by atoms with Crippen molar-refractivity contribution in [1.82, 2.24) is 10.2 Å². The molecule has 1 aromatic carbocycles. The molecular formula is C19H24FN3OS. The number of nitrogens with zero attached hydrogens (tertiary/aromatic N) is 1. The van der Waals surface area contributed by atoms with Gasteiger partial charge in [0, 0.05) is 42.1 Å². The van der Waals surface area contributed by atoms with Gasteiger partial charge in [0.25, 0.3) is 0 Å². The molecule has 0 bridgehead atoms. The Balaban J connectivity index is 1.69. The summed E-state index contributed by atoms with van der Waals surface area (Å²) in [5.74, 6) is -0.342. The molecular weight excluding hydrogens is 337 g/mol. The number of amides is 1. The summed E-state index contributed by atoms with van der Waals surface area (Å²) in [5.41, 5.74) is -0.0457. The van der Waals surface area contributed by atoms with Crippen molar-refractivity contribution in [2.45, 2.75) is 31.8 Å². The van der Waals surface area contributed by atoms with Crippen molar-refractivity contribution in [3.8, 4) is 0 Å². The van der Waals surface area contributed by atoms with Crippen LogP contribution in [0.15, 0.2) is 36.4 Å². The molecule has 0 radical (unpaired) electrons. The van der Waals surface area contributed by atoms with Gasteiger partial charge in [-0.25, -0.2) is 4.39 Å². The third-order valence-electron chi connectivity index (χ3n) is 4.76. The molecule has 1 aliphatic heterocycles. The lowest BCUT2D eigenvalue weighted by atomic mass is 9.86. The van der Waals surface area contributed by atoms with Gasteiger partial charge < -0.3 is 10.6 Å². The number of halogens is 1. The topological polar surface area (TPSA) is 44.4 Å². The van der Waals surface area contributed by atoms with Crippen LogP contribution in [0, 0.1) is 12.7 Å². The first kappa shape index (κ1) is 17.9. The highest BCUT2D eigenvalue weighted by Crippen LogP contribution is 2.29. The Morgan fingerprint density at radius 2 is 2.04 bits per heavy atom. The number of hydrogen-bond donors (Lipinski definition) is 2. The Labute approximate surface area is 152 Å². The van der Waals surface area contributed by atoms with E-state index >= 15 is 0 Å².